The summed E-state index contributed by atoms with van der Waals surface area (Å²) in [5, 5.41) is 1.25. The van der Waals surface area contributed by atoms with E-state index in [-0.39, 0.29) is 12.4 Å². The molecule has 0 N–H and O–H groups in total. The first-order chi connectivity index (χ1) is 12.2. The minimum absolute atomic E-state index is 0. The molecule has 1 aliphatic rings. The molecule has 1 saturated carbocycles. The Morgan fingerprint density at radius 3 is 2.54 bits per heavy atom. The lowest BCUT2D eigenvalue weighted by Crippen LogP contribution is -2.10. The van der Waals surface area contributed by atoms with E-state index in [0.717, 1.165) is 24.5 Å². The second kappa shape index (κ2) is 8.13. The van der Waals surface area contributed by atoms with Crippen molar-refractivity contribution in [2.24, 2.45) is 5.92 Å². The average Bonchev–Trinajstić information content (AvgIpc) is 3.24. The second-order valence-corrected chi connectivity index (χ2v) is 7.26. The largest absolute Gasteiger partial charge is 0.476 e. The molecule has 0 saturated heterocycles. The molecule has 0 spiro atoms. The van der Waals surface area contributed by atoms with E-state index in [4.69, 9.17) is 4.74 Å². The topological polar surface area (TPSA) is 27.1 Å². The van der Waals surface area contributed by atoms with Crippen LogP contribution in [0.2, 0.25) is 0 Å². The maximum absolute atomic E-state index is 6.22. The number of fused-ring (bicyclic) bond motifs is 1. The van der Waals surface area contributed by atoms with Gasteiger partial charge < -0.3 is 9.30 Å². The molecule has 4 heteroatoms. The van der Waals surface area contributed by atoms with E-state index in [1.165, 1.54) is 47.9 Å². The molecule has 0 bridgehead atoms. The highest BCUT2D eigenvalue weighted by Crippen LogP contribution is 2.32. The van der Waals surface area contributed by atoms with Gasteiger partial charge in [0.15, 0.2) is 0 Å². The smallest absolute Gasteiger partial charge is 0.238 e. The minimum Gasteiger partial charge on any atom is -0.476 e. The number of nitrogens with zero attached hydrogens (tertiary/aromatic N) is 2. The van der Waals surface area contributed by atoms with Crippen LogP contribution in [-0.2, 0) is 6.54 Å². The quantitative estimate of drug-likeness (QED) is 0.576. The molecule has 1 aliphatic carbocycles. The highest BCUT2D eigenvalue weighted by atomic mass is 35.5. The van der Waals surface area contributed by atoms with Crippen molar-refractivity contribution in [3.05, 3.63) is 59.4 Å². The lowest BCUT2D eigenvalue weighted by atomic mass is 10.1. The molecule has 2 aromatic heterocycles. The molecule has 1 aromatic carbocycles. The molecule has 3 aromatic rings. The van der Waals surface area contributed by atoms with Gasteiger partial charge in [-0.25, -0.2) is 4.98 Å². The summed E-state index contributed by atoms with van der Waals surface area (Å²) in [7, 11) is 0. The number of hydrogen-bond donors (Lipinski definition) is 0. The molecule has 26 heavy (non-hydrogen) atoms. The van der Waals surface area contributed by atoms with Gasteiger partial charge in [0.05, 0.1) is 6.61 Å². The summed E-state index contributed by atoms with van der Waals surface area (Å²) in [5.74, 6) is 1.48. The van der Waals surface area contributed by atoms with E-state index in [1.807, 2.05) is 6.20 Å². The van der Waals surface area contributed by atoms with Crippen molar-refractivity contribution in [3.8, 4) is 5.88 Å². The molecule has 138 valence electrons. The Kier molecular flexibility index (Phi) is 5.87. The summed E-state index contributed by atoms with van der Waals surface area (Å²) in [6.45, 7) is 6.03. The molecule has 4 rings (SSSR count). The first kappa shape index (κ1) is 18.8. The molecule has 2 heterocycles. The minimum atomic E-state index is 0. The third-order valence-corrected chi connectivity index (χ3v) is 5.63. The molecule has 0 amide bonds. The fourth-order valence-corrected chi connectivity index (χ4v) is 4.01. The number of pyridine rings is 1. The van der Waals surface area contributed by atoms with Crippen LogP contribution in [0, 0.1) is 19.8 Å². The van der Waals surface area contributed by atoms with Gasteiger partial charge >= 0.3 is 0 Å². The lowest BCUT2D eigenvalue weighted by molar-refractivity contribution is 0.245. The molecule has 0 unspecified atom stereocenters. The zero-order chi connectivity index (χ0) is 17.2. The van der Waals surface area contributed by atoms with Gasteiger partial charge in [0.2, 0.25) is 5.88 Å². The summed E-state index contributed by atoms with van der Waals surface area (Å²) in [6, 6.07) is 12.7. The first-order valence-electron chi connectivity index (χ1n) is 9.35. The Bertz CT molecular complexity index is 867. The van der Waals surface area contributed by atoms with Crippen LogP contribution in [0.3, 0.4) is 0 Å². The van der Waals surface area contributed by atoms with Gasteiger partial charge in [-0.15, -0.1) is 12.4 Å². The van der Waals surface area contributed by atoms with Crippen LogP contribution < -0.4 is 4.74 Å². The molecule has 3 nitrogen and oxygen atoms in total. The fourth-order valence-electron chi connectivity index (χ4n) is 4.01. The second-order valence-electron chi connectivity index (χ2n) is 7.26. The van der Waals surface area contributed by atoms with E-state index in [9.17, 15) is 0 Å². The van der Waals surface area contributed by atoms with Crippen LogP contribution in [-0.4, -0.2) is 16.2 Å². The van der Waals surface area contributed by atoms with Gasteiger partial charge in [-0.05, 0) is 49.8 Å². The number of aryl methyl sites for hydroxylation is 1. The van der Waals surface area contributed by atoms with Gasteiger partial charge in [-0.3, -0.25) is 0 Å². The molecule has 0 aliphatic heterocycles. The number of ether oxygens (including phenoxy) is 1. The van der Waals surface area contributed by atoms with Gasteiger partial charge in [-0.1, -0.05) is 43.2 Å². The predicted molar refractivity (Wildman–Crippen MR) is 109 cm³/mol. The Morgan fingerprint density at radius 2 is 1.81 bits per heavy atom. The van der Waals surface area contributed by atoms with Gasteiger partial charge in [0, 0.05) is 23.8 Å². The van der Waals surface area contributed by atoms with Crippen molar-refractivity contribution in [2.75, 3.05) is 6.61 Å². The van der Waals surface area contributed by atoms with E-state index < -0.39 is 0 Å². The average molecular weight is 371 g/mol. The zero-order valence-corrected chi connectivity index (χ0v) is 16.4. The van der Waals surface area contributed by atoms with E-state index >= 15 is 0 Å². The van der Waals surface area contributed by atoms with E-state index in [0.29, 0.717) is 5.92 Å². The van der Waals surface area contributed by atoms with Crippen molar-refractivity contribution < 1.29 is 4.74 Å². The summed E-state index contributed by atoms with van der Waals surface area (Å²) >= 11 is 0. The third kappa shape index (κ3) is 3.59. The van der Waals surface area contributed by atoms with E-state index in [2.05, 4.69) is 59.8 Å². The standard InChI is InChI=1S/C22H26N2O.ClH/c1-16-17(2)24(14-18-8-4-3-5-9-18)21-20(16)12-13-23-22(21)25-15-19-10-6-7-11-19;/h3-5,8-9,12-13,19H,6-7,10-11,14-15H2,1-2H3;1H. The third-order valence-electron chi connectivity index (χ3n) is 5.63. The molecule has 0 atom stereocenters. The Morgan fingerprint density at radius 1 is 1.08 bits per heavy atom. The summed E-state index contributed by atoms with van der Waals surface area (Å²) < 4.78 is 8.58. The van der Waals surface area contributed by atoms with Crippen molar-refractivity contribution in [1.82, 2.24) is 9.55 Å². The SMILES string of the molecule is Cc1c(C)n(Cc2ccccc2)c2c(OCC3CCCC3)nccc12.Cl. The summed E-state index contributed by atoms with van der Waals surface area (Å²) in [4.78, 5) is 4.58. The first-order valence-corrected chi connectivity index (χ1v) is 9.35. The monoisotopic (exact) mass is 370 g/mol. The van der Waals surface area contributed by atoms with Crippen molar-refractivity contribution >= 4 is 23.3 Å². The Labute approximate surface area is 161 Å². The molecular weight excluding hydrogens is 344 g/mol. The van der Waals surface area contributed by atoms with Gasteiger partial charge in [-0.2, -0.15) is 0 Å². The molecule has 0 radical (unpaired) electrons. The highest BCUT2D eigenvalue weighted by Gasteiger charge is 2.19. The van der Waals surface area contributed by atoms with Crippen LogP contribution >= 0.6 is 12.4 Å². The number of rotatable bonds is 5. The van der Waals surface area contributed by atoms with Crippen molar-refractivity contribution in [2.45, 2.75) is 46.1 Å². The maximum Gasteiger partial charge on any atom is 0.238 e. The predicted octanol–water partition coefficient (Wildman–Crippen LogP) is 5.69. The number of hydrogen-bond acceptors (Lipinski definition) is 2. The van der Waals surface area contributed by atoms with Gasteiger partial charge in [0.25, 0.3) is 0 Å². The number of halogens is 1. The lowest BCUT2D eigenvalue weighted by Gasteiger charge is -2.14. The number of aromatic nitrogens is 2. The Hall–Kier alpha value is -2.00. The number of benzene rings is 1. The van der Waals surface area contributed by atoms with Crippen molar-refractivity contribution in [1.29, 1.82) is 0 Å². The van der Waals surface area contributed by atoms with Crippen LogP contribution in [0.4, 0.5) is 0 Å². The fraction of sp³-hybridized carbons (Fsp3) is 0.409. The molecular formula is C22H27ClN2O. The van der Waals surface area contributed by atoms with E-state index in [1.54, 1.807) is 0 Å². The molecule has 1 fully saturated rings. The normalized spacial score (nSPS) is 14.5. The van der Waals surface area contributed by atoms with Crippen molar-refractivity contribution in [3.63, 3.8) is 0 Å². The van der Waals surface area contributed by atoms with Crippen LogP contribution in [0.15, 0.2) is 42.6 Å². The highest BCUT2D eigenvalue weighted by molar-refractivity contribution is 5.89. The van der Waals surface area contributed by atoms with Crippen LogP contribution in [0.5, 0.6) is 5.88 Å². The maximum atomic E-state index is 6.22. The van der Waals surface area contributed by atoms with Crippen LogP contribution in [0.25, 0.3) is 10.9 Å². The van der Waals surface area contributed by atoms with Gasteiger partial charge in [0.1, 0.15) is 5.52 Å². The van der Waals surface area contributed by atoms with Crippen LogP contribution in [0.1, 0.15) is 42.5 Å². The zero-order valence-electron chi connectivity index (χ0n) is 15.6. The summed E-state index contributed by atoms with van der Waals surface area (Å²) in [6.07, 6.45) is 7.15. The Balaban J connectivity index is 0.00000196. The summed E-state index contributed by atoms with van der Waals surface area (Å²) in [5.41, 5.74) is 5.05.